The van der Waals surface area contributed by atoms with Gasteiger partial charge in [0.05, 0.1) is 18.1 Å². The third-order valence-electron chi connectivity index (χ3n) is 2.07. The van der Waals surface area contributed by atoms with Crippen LogP contribution in [0.25, 0.3) is 0 Å². The van der Waals surface area contributed by atoms with Crippen molar-refractivity contribution in [1.29, 1.82) is 0 Å². The summed E-state index contributed by atoms with van der Waals surface area (Å²) in [5.41, 5.74) is 5.21. The second-order valence-electron chi connectivity index (χ2n) is 4.19. The van der Waals surface area contributed by atoms with Gasteiger partial charge in [-0.25, -0.2) is 0 Å². The van der Waals surface area contributed by atoms with Gasteiger partial charge in [-0.3, -0.25) is 14.4 Å². The van der Waals surface area contributed by atoms with E-state index >= 15 is 0 Å². The minimum Gasteiger partial charge on any atom is -0.392 e. The molecule has 0 aromatic carbocycles. The lowest BCUT2D eigenvalue weighted by molar-refractivity contribution is -0.147. The first-order chi connectivity index (χ1) is 8.77. The van der Waals surface area contributed by atoms with Crippen molar-refractivity contribution in [3.8, 4) is 0 Å². The van der Waals surface area contributed by atoms with Crippen molar-refractivity contribution in [1.82, 2.24) is 15.5 Å². The van der Waals surface area contributed by atoms with Crippen LogP contribution in [0, 0.1) is 0 Å². The largest absolute Gasteiger partial charge is 0.392 e. The van der Waals surface area contributed by atoms with Crippen LogP contribution in [0.4, 0.5) is 0 Å². The molecule has 19 heavy (non-hydrogen) atoms. The number of thiocarbonyl (C=S) groups is 1. The molecule has 0 rings (SSSR count). The van der Waals surface area contributed by atoms with E-state index in [-0.39, 0.29) is 36.6 Å². The number of carbonyl (C=O) groups excluding carboxylic acids is 3. The van der Waals surface area contributed by atoms with E-state index in [9.17, 15) is 14.4 Å². The topological polar surface area (TPSA) is 105 Å². The van der Waals surface area contributed by atoms with Crippen molar-refractivity contribution < 1.29 is 14.4 Å². The molecular weight excluding hydrogens is 268 g/mol. The van der Waals surface area contributed by atoms with Gasteiger partial charge in [0, 0.05) is 12.6 Å². The number of nitrogens with one attached hydrogen (secondary N) is 2. The Balaban J connectivity index is 4.42. The van der Waals surface area contributed by atoms with Crippen LogP contribution in [-0.2, 0) is 14.4 Å². The van der Waals surface area contributed by atoms with Gasteiger partial charge in [0.2, 0.25) is 5.91 Å². The number of hydrogen-bond donors (Lipinski definition) is 3. The van der Waals surface area contributed by atoms with Crippen molar-refractivity contribution in [2.24, 2.45) is 5.73 Å². The van der Waals surface area contributed by atoms with E-state index in [1.807, 2.05) is 13.8 Å². The van der Waals surface area contributed by atoms with Crippen LogP contribution in [0.2, 0.25) is 0 Å². The molecule has 0 fully saturated rings. The summed E-state index contributed by atoms with van der Waals surface area (Å²) in [5.74, 6) is -1.92. The van der Waals surface area contributed by atoms with Crippen LogP contribution in [0.3, 0.4) is 0 Å². The summed E-state index contributed by atoms with van der Waals surface area (Å²) in [5, 5.41) is 4.93. The number of nitrogens with zero attached hydrogens (tertiary/aromatic N) is 1. The van der Waals surface area contributed by atoms with E-state index in [0.717, 1.165) is 4.90 Å². The first-order valence-electron chi connectivity index (χ1n) is 5.92. The zero-order chi connectivity index (χ0) is 15.0. The van der Waals surface area contributed by atoms with Crippen molar-refractivity contribution >= 4 is 34.9 Å². The molecule has 0 aromatic heterocycles. The predicted octanol–water partition coefficient (Wildman–Crippen LogP) is -1.24. The van der Waals surface area contributed by atoms with Crippen LogP contribution in [0.5, 0.6) is 0 Å². The highest BCUT2D eigenvalue weighted by Crippen LogP contribution is 1.91. The van der Waals surface area contributed by atoms with Gasteiger partial charge < -0.3 is 21.3 Å². The molecule has 8 heteroatoms. The van der Waals surface area contributed by atoms with Crippen molar-refractivity contribution in [2.45, 2.75) is 26.8 Å². The molecule has 0 saturated heterocycles. The monoisotopic (exact) mass is 288 g/mol. The quantitative estimate of drug-likeness (QED) is 0.419. The Morgan fingerprint density at radius 3 is 2.32 bits per heavy atom. The van der Waals surface area contributed by atoms with Crippen molar-refractivity contribution in [3.05, 3.63) is 0 Å². The third-order valence-corrected chi connectivity index (χ3v) is 2.21. The van der Waals surface area contributed by atoms with Gasteiger partial charge in [0.25, 0.3) is 0 Å². The summed E-state index contributed by atoms with van der Waals surface area (Å²) in [6, 6.07) is -0.0234. The van der Waals surface area contributed by atoms with E-state index in [1.54, 1.807) is 6.92 Å². The number of rotatable bonds is 6. The number of carbonyl (C=O) groups is 3. The van der Waals surface area contributed by atoms with E-state index in [0.29, 0.717) is 0 Å². The first-order valence-corrected chi connectivity index (χ1v) is 6.33. The Hall–Kier alpha value is -1.70. The Bertz CT molecular complexity index is 371. The molecule has 4 N–H and O–H groups in total. The second kappa shape index (κ2) is 8.41. The lowest BCUT2D eigenvalue weighted by atomic mass is 10.3. The lowest BCUT2D eigenvalue weighted by Crippen LogP contribution is -2.49. The average molecular weight is 288 g/mol. The summed E-state index contributed by atoms with van der Waals surface area (Å²) in [6.45, 7) is 5.35. The van der Waals surface area contributed by atoms with Gasteiger partial charge in [-0.2, -0.15) is 0 Å². The smallest absolute Gasteiger partial charge is 0.312 e. The standard InChI is InChI=1S/C11H20N4O3S/c1-4-15(6-9(16)14-7(2)3)11(18)10(17)13-5-8(12)19/h7H,4-6H2,1-3H3,(H2,12,19)(H,13,17)(H,14,16). The normalized spacial score (nSPS) is 9.89. The summed E-state index contributed by atoms with van der Waals surface area (Å²) < 4.78 is 0. The molecule has 7 nitrogen and oxygen atoms in total. The molecule has 108 valence electrons. The van der Waals surface area contributed by atoms with E-state index in [4.69, 9.17) is 5.73 Å². The maximum Gasteiger partial charge on any atom is 0.312 e. The molecule has 0 radical (unpaired) electrons. The third kappa shape index (κ3) is 7.35. The molecule has 0 aliphatic carbocycles. The van der Waals surface area contributed by atoms with E-state index < -0.39 is 11.8 Å². The van der Waals surface area contributed by atoms with Gasteiger partial charge in [-0.1, -0.05) is 12.2 Å². The fourth-order valence-corrected chi connectivity index (χ4v) is 1.33. The van der Waals surface area contributed by atoms with E-state index in [2.05, 4.69) is 22.9 Å². The molecule has 0 bridgehead atoms. The zero-order valence-corrected chi connectivity index (χ0v) is 12.2. The highest BCUT2D eigenvalue weighted by Gasteiger charge is 2.22. The number of amides is 3. The molecule has 0 heterocycles. The van der Waals surface area contributed by atoms with Crippen LogP contribution in [0.15, 0.2) is 0 Å². The van der Waals surface area contributed by atoms with Crippen LogP contribution < -0.4 is 16.4 Å². The highest BCUT2D eigenvalue weighted by molar-refractivity contribution is 7.80. The van der Waals surface area contributed by atoms with Crippen molar-refractivity contribution in [2.75, 3.05) is 19.6 Å². The fourth-order valence-electron chi connectivity index (χ4n) is 1.25. The Labute approximate surface area is 117 Å². The molecule has 0 aliphatic heterocycles. The number of hydrogen-bond acceptors (Lipinski definition) is 4. The van der Waals surface area contributed by atoms with Crippen LogP contribution in [-0.4, -0.2) is 53.3 Å². The molecule has 0 spiro atoms. The van der Waals surface area contributed by atoms with Gasteiger partial charge in [-0.05, 0) is 20.8 Å². The van der Waals surface area contributed by atoms with E-state index in [1.165, 1.54) is 0 Å². The SMILES string of the molecule is CCN(CC(=O)NC(C)C)C(=O)C(=O)NCC(N)=S. The molecule has 0 aliphatic rings. The molecular formula is C11H20N4O3S. The first kappa shape index (κ1) is 17.3. The van der Waals surface area contributed by atoms with Crippen LogP contribution in [0.1, 0.15) is 20.8 Å². The molecule has 0 saturated carbocycles. The maximum absolute atomic E-state index is 11.8. The number of likely N-dealkylation sites (N-methyl/N-ethyl adjacent to an activating group) is 1. The minimum absolute atomic E-state index is 0.0234. The highest BCUT2D eigenvalue weighted by atomic mass is 32.1. The van der Waals surface area contributed by atoms with Crippen LogP contribution >= 0.6 is 12.2 Å². The molecule has 0 aromatic rings. The van der Waals surface area contributed by atoms with Gasteiger partial charge in [0.1, 0.15) is 0 Å². The zero-order valence-electron chi connectivity index (χ0n) is 11.4. The van der Waals surface area contributed by atoms with Gasteiger partial charge >= 0.3 is 11.8 Å². The molecule has 0 atom stereocenters. The summed E-state index contributed by atoms with van der Waals surface area (Å²) in [7, 11) is 0. The molecule has 0 unspecified atom stereocenters. The van der Waals surface area contributed by atoms with Crippen molar-refractivity contribution in [3.63, 3.8) is 0 Å². The lowest BCUT2D eigenvalue weighted by Gasteiger charge is -2.20. The Morgan fingerprint density at radius 1 is 1.32 bits per heavy atom. The fraction of sp³-hybridized carbons (Fsp3) is 0.636. The Kier molecular flexibility index (Phi) is 7.66. The summed E-state index contributed by atoms with van der Waals surface area (Å²) >= 11 is 4.59. The second-order valence-corrected chi connectivity index (χ2v) is 4.71. The maximum atomic E-state index is 11.8. The average Bonchev–Trinajstić information content (AvgIpc) is 2.31. The summed E-state index contributed by atoms with van der Waals surface area (Å²) in [6.07, 6.45) is 0. The van der Waals surface area contributed by atoms with Gasteiger partial charge in [-0.15, -0.1) is 0 Å². The predicted molar refractivity (Wildman–Crippen MR) is 75.3 cm³/mol. The Morgan fingerprint density at radius 2 is 1.89 bits per heavy atom. The summed E-state index contributed by atoms with van der Waals surface area (Å²) in [4.78, 5) is 36.0. The van der Waals surface area contributed by atoms with Gasteiger partial charge in [0.15, 0.2) is 0 Å². The molecule has 3 amide bonds. The minimum atomic E-state index is -0.827. The number of nitrogens with two attached hydrogens (primary N) is 1.